The summed E-state index contributed by atoms with van der Waals surface area (Å²) in [6.45, 7) is 5.52. The van der Waals surface area contributed by atoms with Gasteiger partial charge in [-0.3, -0.25) is 0 Å². The number of nitrogens with zero attached hydrogens (tertiary/aromatic N) is 1. The van der Waals surface area contributed by atoms with Crippen molar-refractivity contribution in [2.75, 3.05) is 13.1 Å². The molecule has 1 N–H and O–H groups in total. The number of hydrogen-bond acceptors (Lipinski definition) is 2. The van der Waals surface area contributed by atoms with Crippen LogP contribution in [-0.2, 0) is 11.3 Å². The number of benzene rings is 1. The molecule has 0 saturated carbocycles. The second kappa shape index (κ2) is 6.66. The van der Waals surface area contributed by atoms with Crippen LogP contribution in [0.3, 0.4) is 0 Å². The van der Waals surface area contributed by atoms with E-state index in [1.807, 2.05) is 19.9 Å². The maximum atomic E-state index is 12.1. The molecule has 2 atom stereocenters. The van der Waals surface area contributed by atoms with Gasteiger partial charge in [-0.1, -0.05) is 29.3 Å². The molecule has 1 saturated heterocycles. The molecule has 110 valence electrons. The van der Waals surface area contributed by atoms with Crippen LogP contribution in [0.25, 0.3) is 0 Å². The Kier molecular flexibility index (Phi) is 5.13. The second-order valence-corrected chi connectivity index (χ2v) is 5.90. The van der Waals surface area contributed by atoms with Crippen molar-refractivity contribution in [2.45, 2.75) is 32.6 Å². The summed E-state index contributed by atoms with van der Waals surface area (Å²) in [5.74, 6) is 0. The number of nitrogens with one attached hydrogen (secondary N) is 1. The predicted molar refractivity (Wildman–Crippen MR) is 80.3 cm³/mol. The van der Waals surface area contributed by atoms with Gasteiger partial charge >= 0.3 is 6.03 Å². The van der Waals surface area contributed by atoms with Crippen molar-refractivity contribution in [3.63, 3.8) is 0 Å². The van der Waals surface area contributed by atoms with Crippen molar-refractivity contribution in [3.05, 3.63) is 33.8 Å². The lowest BCUT2D eigenvalue weighted by molar-refractivity contribution is -0.0545. The number of carbonyl (C=O) groups excluding carboxylic acids is 1. The smallest absolute Gasteiger partial charge is 0.317 e. The molecule has 1 aliphatic rings. The van der Waals surface area contributed by atoms with Crippen molar-refractivity contribution in [1.82, 2.24) is 10.2 Å². The summed E-state index contributed by atoms with van der Waals surface area (Å²) in [7, 11) is 0. The Hall–Kier alpha value is -0.970. The third kappa shape index (κ3) is 4.01. The number of urea groups is 1. The van der Waals surface area contributed by atoms with Crippen molar-refractivity contribution in [1.29, 1.82) is 0 Å². The molecular weight excluding hydrogens is 299 g/mol. The average molecular weight is 317 g/mol. The quantitative estimate of drug-likeness (QED) is 0.909. The van der Waals surface area contributed by atoms with Crippen molar-refractivity contribution in [2.24, 2.45) is 0 Å². The van der Waals surface area contributed by atoms with Crippen LogP contribution < -0.4 is 5.32 Å². The van der Waals surface area contributed by atoms with Crippen molar-refractivity contribution >= 4 is 29.2 Å². The Morgan fingerprint density at radius 1 is 1.35 bits per heavy atom. The van der Waals surface area contributed by atoms with Crippen LogP contribution in [0.2, 0.25) is 10.0 Å². The van der Waals surface area contributed by atoms with Gasteiger partial charge in [0.05, 0.1) is 12.2 Å². The van der Waals surface area contributed by atoms with Crippen molar-refractivity contribution < 1.29 is 9.53 Å². The lowest BCUT2D eigenvalue weighted by Crippen LogP contribution is -2.51. The third-order valence-electron chi connectivity index (χ3n) is 3.15. The molecular formula is C14H18Cl2N2O2. The summed E-state index contributed by atoms with van der Waals surface area (Å²) in [4.78, 5) is 13.9. The fourth-order valence-corrected chi connectivity index (χ4v) is 2.77. The van der Waals surface area contributed by atoms with Gasteiger partial charge in [-0.25, -0.2) is 4.79 Å². The van der Waals surface area contributed by atoms with Gasteiger partial charge in [0.15, 0.2) is 0 Å². The number of carbonyl (C=O) groups is 1. The highest BCUT2D eigenvalue weighted by molar-refractivity contribution is 6.35. The Morgan fingerprint density at radius 3 is 2.60 bits per heavy atom. The van der Waals surface area contributed by atoms with Gasteiger partial charge in [0.2, 0.25) is 0 Å². The number of hydrogen-bond donors (Lipinski definition) is 1. The summed E-state index contributed by atoms with van der Waals surface area (Å²) in [6.07, 6.45) is 0.118. The molecule has 0 bridgehead atoms. The molecule has 1 heterocycles. The number of ether oxygens (including phenoxy) is 1. The Morgan fingerprint density at radius 2 is 2.00 bits per heavy atom. The lowest BCUT2D eigenvalue weighted by atomic mass is 10.2. The number of morpholine rings is 1. The van der Waals surface area contributed by atoms with Crippen LogP contribution in [0, 0.1) is 0 Å². The van der Waals surface area contributed by atoms with E-state index in [-0.39, 0.29) is 18.2 Å². The Bertz CT molecular complexity index is 486. The topological polar surface area (TPSA) is 41.6 Å². The van der Waals surface area contributed by atoms with Crippen LogP contribution >= 0.6 is 23.2 Å². The van der Waals surface area contributed by atoms with E-state index < -0.39 is 0 Å². The normalized spacial score (nSPS) is 22.7. The first-order valence-electron chi connectivity index (χ1n) is 6.58. The van der Waals surface area contributed by atoms with Gasteiger partial charge in [-0.2, -0.15) is 0 Å². The molecule has 1 fully saturated rings. The molecule has 0 aromatic heterocycles. The highest BCUT2D eigenvalue weighted by atomic mass is 35.5. The minimum Gasteiger partial charge on any atom is -0.372 e. The number of amides is 2. The van der Waals surface area contributed by atoms with Crippen LogP contribution in [0.1, 0.15) is 19.4 Å². The highest BCUT2D eigenvalue weighted by Gasteiger charge is 2.25. The maximum absolute atomic E-state index is 12.1. The van der Waals surface area contributed by atoms with Gasteiger partial charge < -0.3 is 15.0 Å². The first-order valence-corrected chi connectivity index (χ1v) is 7.33. The Balaban J connectivity index is 1.91. The zero-order valence-electron chi connectivity index (χ0n) is 11.5. The summed E-state index contributed by atoms with van der Waals surface area (Å²) in [5.41, 5.74) is 0.846. The van der Waals surface area contributed by atoms with Crippen molar-refractivity contribution in [3.8, 4) is 0 Å². The highest BCUT2D eigenvalue weighted by Crippen LogP contribution is 2.21. The first kappa shape index (κ1) is 15.4. The molecule has 20 heavy (non-hydrogen) atoms. The second-order valence-electron chi connectivity index (χ2n) is 5.06. The van der Waals surface area contributed by atoms with Gasteiger partial charge in [-0.15, -0.1) is 0 Å². The van der Waals surface area contributed by atoms with Gasteiger partial charge in [-0.05, 0) is 31.5 Å². The summed E-state index contributed by atoms with van der Waals surface area (Å²) < 4.78 is 5.60. The molecule has 0 aliphatic carbocycles. The van der Waals surface area contributed by atoms with E-state index in [1.165, 1.54) is 0 Å². The largest absolute Gasteiger partial charge is 0.372 e. The zero-order valence-corrected chi connectivity index (χ0v) is 13.0. The fraction of sp³-hybridized carbons (Fsp3) is 0.500. The minimum atomic E-state index is -0.0991. The van der Waals surface area contributed by atoms with Crippen LogP contribution in [0.15, 0.2) is 18.2 Å². The van der Waals surface area contributed by atoms with Crippen LogP contribution in [0.4, 0.5) is 4.79 Å². The van der Waals surface area contributed by atoms with Gasteiger partial charge in [0.25, 0.3) is 0 Å². The monoisotopic (exact) mass is 316 g/mol. The van der Waals surface area contributed by atoms with E-state index >= 15 is 0 Å². The summed E-state index contributed by atoms with van der Waals surface area (Å²) in [5, 5.41) is 4.02. The van der Waals surface area contributed by atoms with E-state index in [4.69, 9.17) is 27.9 Å². The molecule has 1 aromatic carbocycles. The number of rotatable bonds is 2. The zero-order chi connectivity index (χ0) is 14.7. The predicted octanol–water partition coefficient (Wildman–Crippen LogP) is 3.31. The molecule has 1 aromatic rings. The molecule has 1 aliphatic heterocycles. The molecule has 0 spiro atoms. The average Bonchev–Trinajstić information content (AvgIpc) is 2.36. The Labute approximate surface area is 129 Å². The van der Waals surface area contributed by atoms with Gasteiger partial charge in [0, 0.05) is 29.7 Å². The standard InChI is InChI=1S/C14H18Cl2N2O2/c1-9-7-18(8-10(2)20-9)14(19)17-6-11-3-4-12(15)5-13(11)16/h3-5,9-10H,6-8H2,1-2H3,(H,17,19). The SMILES string of the molecule is CC1CN(C(=O)NCc2ccc(Cl)cc2Cl)CC(C)O1. The molecule has 4 nitrogen and oxygen atoms in total. The molecule has 2 rings (SSSR count). The third-order valence-corrected chi connectivity index (χ3v) is 3.74. The summed E-state index contributed by atoms with van der Waals surface area (Å²) in [6, 6.07) is 5.14. The van der Waals surface area contributed by atoms with E-state index in [0.29, 0.717) is 29.7 Å². The van der Waals surface area contributed by atoms with E-state index in [2.05, 4.69) is 5.32 Å². The molecule has 0 radical (unpaired) electrons. The van der Waals surface area contributed by atoms with Crippen LogP contribution in [-0.4, -0.2) is 36.2 Å². The van der Waals surface area contributed by atoms with Gasteiger partial charge in [0.1, 0.15) is 0 Å². The van der Waals surface area contributed by atoms with E-state index in [9.17, 15) is 4.79 Å². The summed E-state index contributed by atoms with van der Waals surface area (Å²) >= 11 is 11.9. The van der Waals surface area contributed by atoms with E-state index in [1.54, 1.807) is 17.0 Å². The van der Waals surface area contributed by atoms with E-state index in [0.717, 1.165) is 5.56 Å². The lowest BCUT2D eigenvalue weighted by Gasteiger charge is -2.35. The molecule has 2 unspecified atom stereocenters. The molecule has 6 heteroatoms. The maximum Gasteiger partial charge on any atom is 0.317 e. The number of halogens is 2. The first-order chi connectivity index (χ1) is 9.45. The fourth-order valence-electron chi connectivity index (χ4n) is 2.29. The van der Waals surface area contributed by atoms with Crippen LogP contribution in [0.5, 0.6) is 0 Å². The molecule has 2 amide bonds. The minimum absolute atomic E-state index is 0.0589.